The van der Waals surface area contributed by atoms with Crippen molar-refractivity contribution in [2.24, 2.45) is 0 Å². The van der Waals surface area contributed by atoms with E-state index in [-0.39, 0.29) is 11.7 Å². The van der Waals surface area contributed by atoms with Crippen LogP contribution in [0.15, 0.2) is 60.8 Å². The van der Waals surface area contributed by atoms with E-state index in [0.717, 1.165) is 33.8 Å². The molecule has 0 aliphatic heterocycles. The number of carbonyl (C=O) groups is 1. The number of benzene rings is 2. The summed E-state index contributed by atoms with van der Waals surface area (Å²) in [5.41, 5.74) is 5.09. The first-order valence-corrected chi connectivity index (χ1v) is 10.9. The number of aromatic nitrogens is 3. The molecule has 2 amide bonds. The van der Waals surface area contributed by atoms with Gasteiger partial charge in [0.1, 0.15) is 11.6 Å². The molecule has 0 saturated heterocycles. The van der Waals surface area contributed by atoms with Gasteiger partial charge in [0.05, 0.1) is 17.6 Å². The number of hydrogen-bond donors (Lipinski definition) is 2. The SMILES string of the molecule is Cc1ccccc1-c1cc(NCCCN(C)C(=O)Nc2ccccc2F)n2ncc(C)c2n1. The molecule has 0 atom stereocenters. The van der Waals surface area contributed by atoms with Crippen LogP contribution in [-0.2, 0) is 0 Å². The molecule has 0 saturated carbocycles. The zero-order valence-electron chi connectivity index (χ0n) is 19.0. The summed E-state index contributed by atoms with van der Waals surface area (Å²) in [4.78, 5) is 18.7. The van der Waals surface area contributed by atoms with Crippen molar-refractivity contribution in [3.63, 3.8) is 0 Å². The molecule has 0 unspecified atom stereocenters. The molecule has 0 fully saturated rings. The van der Waals surface area contributed by atoms with Crippen LogP contribution in [0.3, 0.4) is 0 Å². The number of nitrogens with zero attached hydrogens (tertiary/aromatic N) is 4. The highest BCUT2D eigenvalue weighted by Gasteiger charge is 2.13. The first kappa shape index (κ1) is 22.3. The minimum atomic E-state index is -0.457. The predicted octanol–water partition coefficient (Wildman–Crippen LogP) is 5.12. The number of aryl methyl sites for hydroxylation is 2. The average Bonchev–Trinajstić information content (AvgIpc) is 3.19. The van der Waals surface area contributed by atoms with Gasteiger partial charge in [-0.25, -0.2) is 14.2 Å². The maximum atomic E-state index is 13.8. The maximum Gasteiger partial charge on any atom is 0.321 e. The summed E-state index contributed by atoms with van der Waals surface area (Å²) in [6, 6.07) is 15.9. The Hall–Kier alpha value is -3.94. The zero-order chi connectivity index (χ0) is 23.4. The van der Waals surface area contributed by atoms with Crippen LogP contribution >= 0.6 is 0 Å². The molecule has 2 aromatic carbocycles. The van der Waals surface area contributed by atoms with Gasteiger partial charge in [0.25, 0.3) is 0 Å². The summed E-state index contributed by atoms with van der Waals surface area (Å²) in [7, 11) is 1.69. The Morgan fingerprint density at radius 1 is 1.09 bits per heavy atom. The lowest BCUT2D eigenvalue weighted by atomic mass is 10.1. The molecular formula is C25H27FN6O. The lowest BCUT2D eigenvalue weighted by Gasteiger charge is -2.18. The highest BCUT2D eigenvalue weighted by Crippen LogP contribution is 2.26. The number of anilines is 2. The summed E-state index contributed by atoms with van der Waals surface area (Å²) in [6.07, 6.45) is 2.50. The van der Waals surface area contributed by atoms with E-state index in [4.69, 9.17) is 4.98 Å². The summed E-state index contributed by atoms with van der Waals surface area (Å²) >= 11 is 0. The van der Waals surface area contributed by atoms with Gasteiger partial charge in [0, 0.05) is 37.3 Å². The second kappa shape index (κ2) is 9.68. The third-order valence-electron chi connectivity index (χ3n) is 5.51. The van der Waals surface area contributed by atoms with Crippen LogP contribution in [0.1, 0.15) is 17.5 Å². The van der Waals surface area contributed by atoms with Gasteiger partial charge in [-0.2, -0.15) is 9.61 Å². The van der Waals surface area contributed by atoms with E-state index in [1.807, 2.05) is 25.1 Å². The molecular weight excluding hydrogens is 419 g/mol. The Labute approximate surface area is 192 Å². The Bertz CT molecular complexity index is 1290. The number of hydrogen-bond acceptors (Lipinski definition) is 4. The molecule has 8 heteroatoms. The molecule has 4 aromatic rings. The fraction of sp³-hybridized carbons (Fsp3) is 0.240. The van der Waals surface area contributed by atoms with E-state index in [1.54, 1.807) is 29.9 Å². The van der Waals surface area contributed by atoms with Gasteiger partial charge in [0.2, 0.25) is 0 Å². The quantitative estimate of drug-likeness (QED) is 0.387. The third-order valence-corrected chi connectivity index (χ3v) is 5.51. The van der Waals surface area contributed by atoms with Gasteiger partial charge in [0.15, 0.2) is 5.65 Å². The van der Waals surface area contributed by atoms with E-state index in [2.05, 4.69) is 34.8 Å². The van der Waals surface area contributed by atoms with Gasteiger partial charge >= 0.3 is 6.03 Å². The van der Waals surface area contributed by atoms with Crippen molar-refractivity contribution in [2.45, 2.75) is 20.3 Å². The second-order valence-corrected chi connectivity index (χ2v) is 8.02. The number of fused-ring (bicyclic) bond motifs is 1. The lowest BCUT2D eigenvalue weighted by Crippen LogP contribution is -2.33. The van der Waals surface area contributed by atoms with Crippen molar-refractivity contribution < 1.29 is 9.18 Å². The number of urea groups is 1. The summed E-state index contributed by atoms with van der Waals surface area (Å²) in [5, 5.41) is 10.5. The minimum absolute atomic E-state index is 0.171. The first-order chi connectivity index (χ1) is 15.9. The smallest absolute Gasteiger partial charge is 0.321 e. The molecule has 2 heterocycles. The molecule has 4 rings (SSSR count). The summed E-state index contributed by atoms with van der Waals surface area (Å²) in [5.74, 6) is 0.381. The number of halogens is 1. The van der Waals surface area contributed by atoms with Crippen molar-refractivity contribution in [1.82, 2.24) is 19.5 Å². The molecule has 0 aliphatic rings. The Morgan fingerprint density at radius 3 is 2.64 bits per heavy atom. The van der Waals surface area contributed by atoms with Crippen molar-refractivity contribution in [1.29, 1.82) is 0 Å². The molecule has 0 radical (unpaired) electrons. The Morgan fingerprint density at radius 2 is 1.85 bits per heavy atom. The minimum Gasteiger partial charge on any atom is -0.370 e. The van der Waals surface area contributed by atoms with E-state index in [1.165, 1.54) is 17.0 Å². The van der Waals surface area contributed by atoms with Crippen molar-refractivity contribution in [3.05, 3.63) is 77.7 Å². The topological polar surface area (TPSA) is 74.6 Å². The van der Waals surface area contributed by atoms with Crippen molar-refractivity contribution in [2.75, 3.05) is 30.8 Å². The van der Waals surface area contributed by atoms with Gasteiger partial charge in [-0.05, 0) is 38.0 Å². The number of amides is 2. The maximum absolute atomic E-state index is 13.8. The number of rotatable bonds is 7. The lowest BCUT2D eigenvalue weighted by molar-refractivity contribution is 0.222. The van der Waals surface area contributed by atoms with E-state index >= 15 is 0 Å². The highest BCUT2D eigenvalue weighted by atomic mass is 19.1. The molecule has 33 heavy (non-hydrogen) atoms. The van der Waals surface area contributed by atoms with Crippen LogP contribution in [0.5, 0.6) is 0 Å². The van der Waals surface area contributed by atoms with E-state index in [0.29, 0.717) is 19.5 Å². The molecule has 0 spiro atoms. The Balaban J connectivity index is 1.41. The molecule has 2 N–H and O–H groups in total. The molecule has 7 nitrogen and oxygen atoms in total. The van der Waals surface area contributed by atoms with Crippen molar-refractivity contribution >= 4 is 23.2 Å². The monoisotopic (exact) mass is 446 g/mol. The van der Waals surface area contributed by atoms with Gasteiger partial charge in [-0.1, -0.05) is 36.4 Å². The molecule has 0 aliphatic carbocycles. The van der Waals surface area contributed by atoms with Gasteiger partial charge in [-0.15, -0.1) is 0 Å². The first-order valence-electron chi connectivity index (χ1n) is 10.9. The number of carbonyl (C=O) groups excluding carboxylic acids is 1. The predicted molar refractivity (Wildman–Crippen MR) is 129 cm³/mol. The van der Waals surface area contributed by atoms with Crippen molar-refractivity contribution in [3.8, 4) is 11.3 Å². The third kappa shape index (κ3) is 4.95. The van der Waals surface area contributed by atoms with Crippen LogP contribution in [0.4, 0.5) is 20.7 Å². The van der Waals surface area contributed by atoms with Crippen LogP contribution in [0, 0.1) is 19.7 Å². The average molecular weight is 447 g/mol. The number of para-hydroxylation sites is 1. The van der Waals surface area contributed by atoms with Gasteiger partial charge in [-0.3, -0.25) is 0 Å². The number of nitrogens with one attached hydrogen (secondary N) is 2. The second-order valence-electron chi connectivity index (χ2n) is 8.02. The van der Waals surface area contributed by atoms with Crippen LogP contribution in [0.25, 0.3) is 16.9 Å². The fourth-order valence-corrected chi connectivity index (χ4v) is 3.60. The zero-order valence-corrected chi connectivity index (χ0v) is 19.0. The Kier molecular flexibility index (Phi) is 6.53. The van der Waals surface area contributed by atoms with Gasteiger partial charge < -0.3 is 15.5 Å². The summed E-state index contributed by atoms with van der Waals surface area (Å²) < 4.78 is 15.6. The highest BCUT2D eigenvalue weighted by molar-refractivity contribution is 5.89. The van der Waals surface area contributed by atoms with Crippen LogP contribution in [-0.4, -0.2) is 45.7 Å². The normalized spacial score (nSPS) is 10.9. The van der Waals surface area contributed by atoms with E-state index in [9.17, 15) is 9.18 Å². The molecule has 2 aromatic heterocycles. The largest absolute Gasteiger partial charge is 0.370 e. The fourth-order valence-electron chi connectivity index (χ4n) is 3.60. The van der Waals surface area contributed by atoms with Crippen LogP contribution in [0.2, 0.25) is 0 Å². The molecule has 0 bridgehead atoms. The standard InChI is InChI=1S/C25H27FN6O/c1-17-9-4-5-10-19(17)22-15-23(32-24(29-22)18(2)16-28-32)27-13-8-14-31(3)25(33)30-21-12-7-6-11-20(21)26/h4-7,9-12,15-16,27H,8,13-14H2,1-3H3,(H,30,33). The van der Waals surface area contributed by atoms with Crippen LogP contribution < -0.4 is 10.6 Å². The summed E-state index contributed by atoms with van der Waals surface area (Å²) in [6.45, 7) is 5.19. The van der Waals surface area contributed by atoms with E-state index < -0.39 is 5.82 Å². The molecule has 170 valence electrons.